The summed E-state index contributed by atoms with van der Waals surface area (Å²) in [6, 6.07) is 1.58. The lowest BCUT2D eigenvalue weighted by Gasteiger charge is -2.12. The molecule has 0 spiro atoms. The van der Waals surface area contributed by atoms with Gasteiger partial charge in [0.1, 0.15) is 6.10 Å². The third-order valence-corrected chi connectivity index (χ3v) is 2.24. The fourth-order valence-corrected chi connectivity index (χ4v) is 1.42. The van der Waals surface area contributed by atoms with Gasteiger partial charge in [0.05, 0.1) is 25.0 Å². The van der Waals surface area contributed by atoms with Crippen molar-refractivity contribution < 1.29 is 14.7 Å². The van der Waals surface area contributed by atoms with E-state index in [1.54, 1.807) is 6.07 Å². The van der Waals surface area contributed by atoms with E-state index in [2.05, 4.69) is 15.4 Å². The van der Waals surface area contributed by atoms with Crippen molar-refractivity contribution >= 4 is 5.84 Å². The van der Waals surface area contributed by atoms with Gasteiger partial charge in [-0.15, -0.1) is 5.10 Å². The van der Waals surface area contributed by atoms with Crippen LogP contribution in [0.5, 0.6) is 5.88 Å². The van der Waals surface area contributed by atoms with Crippen LogP contribution in [0.4, 0.5) is 0 Å². The van der Waals surface area contributed by atoms with Gasteiger partial charge >= 0.3 is 0 Å². The van der Waals surface area contributed by atoms with Crippen LogP contribution in [0, 0.1) is 0 Å². The summed E-state index contributed by atoms with van der Waals surface area (Å²) < 4.78 is 10.7. The Labute approximate surface area is 91.9 Å². The molecule has 1 atom stereocenters. The highest BCUT2D eigenvalue weighted by Gasteiger charge is 2.20. The molecular weight excluding hydrogens is 212 g/mol. The first-order valence-corrected chi connectivity index (χ1v) is 4.85. The van der Waals surface area contributed by atoms with Crippen molar-refractivity contribution in [2.24, 2.45) is 10.9 Å². The number of amidine groups is 1. The van der Waals surface area contributed by atoms with E-state index in [4.69, 9.17) is 20.4 Å². The molecule has 1 fully saturated rings. The van der Waals surface area contributed by atoms with Crippen LogP contribution in [-0.4, -0.2) is 40.6 Å². The highest BCUT2D eigenvalue weighted by Crippen LogP contribution is 2.17. The van der Waals surface area contributed by atoms with Crippen molar-refractivity contribution in [3.8, 4) is 5.88 Å². The second kappa shape index (κ2) is 4.75. The number of ether oxygens (including phenoxy) is 2. The van der Waals surface area contributed by atoms with Crippen molar-refractivity contribution in [2.75, 3.05) is 13.2 Å². The van der Waals surface area contributed by atoms with Gasteiger partial charge < -0.3 is 20.4 Å². The molecule has 0 radical (unpaired) electrons. The van der Waals surface area contributed by atoms with E-state index < -0.39 is 0 Å². The standard InChI is InChI=1S/C9H12N4O3/c10-8(13-14)7-1-3-11-12-9(7)16-6-2-4-15-5-6/h1,3,6,14H,2,4-5H2,(H2,10,13). The molecule has 0 aliphatic carbocycles. The molecule has 0 saturated carbocycles. The average Bonchev–Trinajstić information content (AvgIpc) is 2.82. The summed E-state index contributed by atoms with van der Waals surface area (Å²) in [5, 5.41) is 19.0. The van der Waals surface area contributed by atoms with Crippen molar-refractivity contribution in [3.63, 3.8) is 0 Å². The highest BCUT2D eigenvalue weighted by molar-refractivity contribution is 5.98. The molecule has 3 N–H and O–H groups in total. The normalized spacial score (nSPS) is 21.0. The van der Waals surface area contributed by atoms with E-state index >= 15 is 0 Å². The number of hydrogen-bond acceptors (Lipinski definition) is 6. The van der Waals surface area contributed by atoms with Crippen molar-refractivity contribution in [1.29, 1.82) is 0 Å². The van der Waals surface area contributed by atoms with Gasteiger partial charge in [-0.1, -0.05) is 5.16 Å². The quantitative estimate of drug-likeness (QED) is 0.317. The fraction of sp³-hybridized carbons (Fsp3) is 0.444. The summed E-state index contributed by atoms with van der Waals surface area (Å²) in [6.45, 7) is 1.19. The molecule has 0 aromatic carbocycles. The number of oxime groups is 1. The van der Waals surface area contributed by atoms with Gasteiger partial charge in [0.15, 0.2) is 5.84 Å². The molecule has 0 bridgehead atoms. The van der Waals surface area contributed by atoms with E-state index in [1.165, 1.54) is 6.20 Å². The molecule has 2 rings (SSSR count). The summed E-state index contributed by atoms with van der Waals surface area (Å²) in [5.74, 6) is 0.206. The van der Waals surface area contributed by atoms with Crippen LogP contribution >= 0.6 is 0 Å². The van der Waals surface area contributed by atoms with E-state index in [9.17, 15) is 0 Å². The Morgan fingerprint density at radius 3 is 3.25 bits per heavy atom. The maximum Gasteiger partial charge on any atom is 0.245 e. The largest absolute Gasteiger partial charge is 0.470 e. The molecule has 7 nitrogen and oxygen atoms in total. The molecule has 1 unspecified atom stereocenters. The second-order valence-corrected chi connectivity index (χ2v) is 3.34. The van der Waals surface area contributed by atoms with Gasteiger partial charge in [0.2, 0.25) is 5.88 Å². The Kier molecular flexibility index (Phi) is 3.16. The smallest absolute Gasteiger partial charge is 0.245 e. The lowest BCUT2D eigenvalue weighted by atomic mass is 10.2. The zero-order chi connectivity index (χ0) is 11.4. The summed E-state index contributed by atoms with van der Waals surface area (Å²) in [4.78, 5) is 0. The van der Waals surface area contributed by atoms with Crippen LogP contribution in [0.15, 0.2) is 17.4 Å². The number of aromatic nitrogens is 2. The van der Waals surface area contributed by atoms with E-state index in [0.29, 0.717) is 18.8 Å². The predicted octanol–water partition coefficient (Wildman–Crippen LogP) is -0.261. The third kappa shape index (κ3) is 2.19. The fourth-order valence-electron chi connectivity index (χ4n) is 1.42. The van der Waals surface area contributed by atoms with Crippen molar-refractivity contribution in [1.82, 2.24) is 10.2 Å². The molecule has 1 aromatic rings. The first kappa shape index (κ1) is 10.6. The van der Waals surface area contributed by atoms with Gasteiger partial charge in [-0.3, -0.25) is 0 Å². The van der Waals surface area contributed by atoms with Crippen molar-refractivity contribution in [2.45, 2.75) is 12.5 Å². The zero-order valence-electron chi connectivity index (χ0n) is 8.54. The number of rotatable bonds is 3. The minimum absolute atomic E-state index is 0.0520. The number of hydrogen-bond donors (Lipinski definition) is 2. The lowest BCUT2D eigenvalue weighted by Crippen LogP contribution is -2.21. The Morgan fingerprint density at radius 2 is 2.56 bits per heavy atom. The SMILES string of the molecule is N/C(=N/O)c1ccnnc1OC1CCOC1. The summed E-state index contributed by atoms with van der Waals surface area (Å²) in [6.07, 6.45) is 2.19. The van der Waals surface area contributed by atoms with Gasteiger partial charge in [-0.05, 0) is 6.07 Å². The van der Waals surface area contributed by atoms with Gasteiger partial charge in [-0.25, -0.2) is 0 Å². The molecule has 2 heterocycles. The van der Waals surface area contributed by atoms with E-state index in [1.807, 2.05) is 0 Å². The van der Waals surface area contributed by atoms with E-state index in [-0.39, 0.29) is 17.8 Å². The minimum Gasteiger partial charge on any atom is -0.470 e. The Bertz CT molecular complexity index is 390. The van der Waals surface area contributed by atoms with Crippen molar-refractivity contribution in [3.05, 3.63) is 17.8 Å². The van der Waals surface area contributed by atoms with Gasteiger partial charge in [0, 0.05) is 6.42 Å². The molecule has 1 aliphatic heterocycles. The number of nitrogens with zero attached hydrogens (tertiary/aromatic N) is 3. The molecular formula is C9H12N4O3. The molecule has 1 saturated heterocycles. The summed E-state index contributed by atoms with van der Waals surface area (Å²) in [7, 11) is 0. The topological polar surface area (TPSA) is 103 Å². The molecule has 86 valence electrons. The van der Waals surface area contributed by atoms with Crippen LogP contribution in [0.25, 0.3) is 0 Å². The maximum atomic E-state index is 8.61. The Balaban J connectivity index is 2.19. The average molecular weight is 224 g/mol. The summed E-state index contributed by atoms with van der Waals surface area (Å²) in [5.41, 5.74) is 5.91. The summed E-state index contributed by atoms with van der Waals surface area (Å²) >= 11 is 0. The molecule has 1 aliphatic rings. The highest BCUT2D eigenvalue weighted by atomic mass is 16.5. The molecule has 16 heavy (non-hydrogen) atoms. The van der Waals surface area contributed by atoms with Crippen LogP contribution < -0.4 is 10.5 Å². The zero-order valence-corrected chi connectivity index (χ0v) is 8.54. The maximum absolute atomic E-state index is 8.61. The molecule has 7 heteroatoms. The predicted molar refractivity (Wildman–Crippen MR) is 54.4 cm³/mol. The van der Waals surface area contributed by atoms with Crippen LogP contribution in [0.3, 0.4) is 0 Å². The second-order valence-electron chi connectivity index (χ2n) is 3.34. The van der Waals surface area contributed by atoms with Gasteiger partial charge in [0.25, 0.3) is 0 Å². The first-order chi connectivity index (χ1) is 7.81. The third-order valence-electron chi connectivity index (χ3n) is 2.24. The van der Waals surface area contributed by atoms with E-state index in [0.717, 1.165) is 6.42 Å². The minimum atomic E-state index is -0.0538. The van der Waals surface area contributed by atoms with Gasteiger partial charge in [-0.2, -0.15) is 5.10 Å². The number of nitrogens with two attached hydrogens (primary N) is 1. The molecule has 0 amide bonds. The molecule has 1 aromatic heterocycles. The Hall–Kier alpha value is -1.89. The lowest BCUT2D eigenvalue weighted by molar-refractivity contribution is 0.137. The Morgan fingerprint density at radius 1 is 1.69 bits per heavy atom. The van der Waals surface area contributed by atoms with Crippen LogP contribution in [-0.2, 0) is 4.74 Å². The van der Waals surface area contributed by atoms with Crippen LogP contribution in [0.1, 0.15) is 12.0 Å². The monoisotopic (exact) mass is 224 g/mol. The van der Waals surface area contributed by atoms with Crippen LogP contribution in [0.2, 0.25) is 0 Å². The first-order valence-electron chi connectivity index (χ1n) is 4.85.